The molecule has 0 aromatic carbocycles. The second-order valence-electron chi connectivity index (χ2n) is 5.61. The summed E-state index contributed by atoms with van der Waals surface area (Å²) >= 11 is 1.11. The molecule has 7 heteroatoms. The van der Waals surface area contributed by atoms with E-state index in [-0.39, 0.29) is 5.88 Å². The molecule has 1 aliphatic rings. The summed E-state index contributed by atoms with van der Waals surface area (Å²) in [5, 5.41) is 0. The molecule has 2 aromatic heterocycles. The summed E-state index contributed by atoms with van der Waals surface area (Å²) in [5.41, 5.74) is -0.185. The standard InChI is InChI=1S/C15H17F3N2OS/c16-15(17,18)13-7-6-12-8-19-10-20(12)14(13)21-22-9-11-4-2-1-3-5-11/h6-8,10-11H,1-5,9H2. The lowest BCUT2D eigenvalue weighted by atomic mass is 9.91. The van der Waals surface area contributed by atoms with Gasteiger partial charge < -0.3 is 4.18 Å². The first-order valence-electron chi connectivity index (χ1n) is 7.37. The van der Waals surface area contributed by atoms with Gasteiger partial charge in [-0.05, 0) is 30.9 Å². The minimum absolute atomic E-state index is 0.191. The number of hydrogen-bond acceptors (Lipinski definition) is 3. The van der Waals surface area contributed by atoms with Gasteiger partial charge in [-0.1, -0.05) is 19.3 Å². The Balaban J connectivity index is 1.77. The van der Waals surface area contributed by atoms with E-state index < -0.39 is 11.7 Å². The predicted molar refractivity (Wildman–Crippen MR) is 79.9 cm³/mol. The number of hydrogen-bond donors (Lipinski definition) is 0. The summed E-state index contributed by atoms with van der Waals surface area (Å²) < 4.78 is 46.2. The van der Waals surface area contributed by atoms with Crippen molar-refractivity contribution in [3.63, 3.8) is 0 Å². The largest absolute Gasteiger partial charge is 0.421 e. The number of fused-ring (bicyclic) bond motifs is 1. The molecule has 0 atom stereocenters. The first-order valence-corrected chi connectivity index (χ1v) is 8.28. The second-order valence-corrected chi connectivity index (χ2v) is 6.35. The van der Waals surface area contributed by atoms with E-state index in [0.717, 1.165) is 36.7 Å². The van der Waals surface area contributed by atoms with Crippen molar-refractivity contribution in [2.45, 2.75) is 38.3 Å². The van der Waals surface area contributed by atoms with Crippen LogP contribution in [-0.4, -0.2) is 15.1 Å². The van der Waals surface area contributed by atoms with Gasteiger partial charge in [-0.3, -0.25) is 4.40 Å². The Morgan fingerprint density at radius 1 is 1.23 bits per heavy atom. The molecule has 3 nitrogen and oxygen atoms in total. The van der Waals surface area contributed by atoms with E-state index >= 15 is 0 Å². The molecule has 0 saturated heterocycles. The van der Waals surface area contributed by atoms with Crippen LogP contribution in [0.4, 0.5) is 13.2 Å². The number of aromatic nitrogens is 2. The SMILES string of the molecule is FC(F)(F)c1ccc2cncn2c1OSCC1CCCCC1. The Morgan fingerprint density at radius 3 is 2.73 bits per heavy atom. The Bertz CT molecular complexity index is 635. The van der Waals surface area contributed by atoms with Crippen molar-refractivity contribution in [2.24, 2.45) is 5.92 Å². The molecule has 120 valence electrons. The Labute approximate surface area is 131 Å². The van der Waals surface area contributed by atoms with Gasteiger partial charge in [0, 0.05) is 5.75 Å². The summed E-state index contributed by atoms with van der Waals surface area (Å²) in [6, 6.07) is 2.45. The van der Waals surface area contributed by atoms with Crippen LogP contribution in [0.2, 0.25) is 0 Å². The van der Waals surface area contributed by atoms with Gasteiger partial charge in [-0.2, -0.15) is 13.2 Å². The highest BCUT2D eigenvalue weighted by Gasteiger charge is 2.36. The molecule has 22 heavy (non-hydrogen) atoms. The zero-order chi connectivity index (χ0) is 15.6. The maximum atomic E-state index is 13.1. The number of rotatable bonds is 4. The Hall–Kier alpha value is -1.37. The molecule has 0 amide bonds. The molecule has 0 bridgehead atoms. The van der Waals surface area contributed by atoms with Crippen molar-refractivity contribution in [3.8, 4) is 5.88 Å². The zero-order valence-electron chi connectivity index (χ0n) is 12.0. The second kappa shape index (κ2) is 6.40. The van der Waals surface area contributed by atoms with Gasteiger partial charge in [0.1, 0.15) is 11.9 Å². The molecule has 1 aliphatic carbocycles. The van der Waals surface area contributed by atoms with E-state index in [2.05, 4.69) is 4.98 Å². The van der Waals surface area contributed by atoms with Crippen LogP contribution in [0, 0.1) is 5.92 Å². The van der Waals surface area contributed by atoms with Crippen molar-refractivity contribution < 1.29 is 17.4 Å². The van der Waals surface area contributed by atoms with Crippen LogP contribution in [0.1, 0.15) is 37.7 Å². The van der Waals surface area contributed by atoms with Crippen LogP contribution in [0.5, 0.6) is 5.88 Å². The van der Waals surface area contributed by atoms with Crippen LogP contribution in [-0.2, 0) is 6.18 Å². The quantitative estimate of drug-likeness (QED) is 0.741. The van der Waals surface area contributed by atoms with Crippen molar-refractivity contribution in [1.29, 1.82) is 0 Å². The fourth-order valence-corrected chi connectivity index (χ4v) is 3.68. The van der Waals surface area contributed by atoms with Gasteiger partial charge in [-0.15, -0.1) is 0 Å². The summed E-state index contributed by atoms with van der Waals surface area (Å²) in [4.78, 5) is 3.89. The molecule has 0 unspecified atom stereocenters. The third-order valence-electron chi connectivity index (χ3n) is 4.01. The smallest absolute Gasteiger partial charge is 0.406 e. The van der Waals surface area contributed by atoms with Crippen molar-refractivity contribution in [2.75, 3.05) is 5.75 Å². The van der Waals surface area contributed by atoms with E-state index in [1.807, 2.05) is 0 Å². The maximum Gasteiger partial charge on any atom is 0.421 e. The molecular weight excluding hydrogens is 313 g/mol. The first kappa shape index (κ1) is 15.5. The molecule has 1 saturated carbocycles. The van der Waals surface area contributed by atoms with E-state index in [0.29, 0.717) is 11.4 Å². The van der Waals surface area contributed by atoms with Crippen LogP contribution < -0.4 is 4.18 Å². The first-order chi connectivity index (χ1) is 10.6. The van der Waals surface area contributed by atoms with E-state index in [1.54, 1.807) is 0 Å². The number of halogens is 3. The molecule has 0 N–H and O–H groups in total. The highest BCUT2D eigenvalue weighted by atomic mass is 32.2. The fraction of sp³-hybridized carbons (Fsp3) is 0.533. The van der Waals surface area contributed by atoms with E-state index in [4.69, 9.17) is 4.18 Å². The van der Waals surface area contributed by atoms with Crippen LogP contribution in [0.25, 0.3) is 5.52 Å². The number of imidazole rings is 1. The van der Waals surface area contributed by atoms with Crippen molar-refractivity contribution in [3.05, 3.63) is 30.2 Å². The highest BCUT2D eigenvalue weighted by molar-refractivity contribution is 7.95. The van der Waals surface area contributed by atoms with Crippen molar-refractivity contribution in [1.82, 2.24) is 9.38 Å². The average molecular weight is 330 g/mol. The predicted octanol–water partition coefficient (Wildman–Crippen LogP) is 4.96. The van der Waals surface area contributed by atoms with Gasteiger partial charge in [0.15, 0.2) is 0 Å². The van der Waals surface area contributed by atoms with Gasteiger partial charge in [0.05, 0.1) is 23.8 Å². The minimum Gasteiger partial charge on any atom is -0.406 e. The van der Waals surface area contributed by atoms with E-state index in [9.17, 15) is 13.2 Å². The third kappa shape index (κ3) is 3.34. The average Bonchev–Trinajstić information content (AvgIpc) is 2.96. The van der Waals surface area contributed by atoms with Crippen LogP contribution in [0.3, 0.4) is 0 Å². The molecule has 2 heterocycles. The summed E-state index contributed by atoms with van der Waals surface area (Å²) in [5.74, 6) is 1.07. The highest BCUT2D eigenvalue weighted by Crippen LogP contribution is 2.38. The summed E-state index contributed by atoms with van der Waals surface area (Å²) in [7, 11) is 0. The summed E-state index contributed by atoms with van der Waals surface area (Å²) in [6.07, 6.45) is 4.36. The van der Waals surface area contributed by atoms with Crippen molar-refractivity contribution >= 4 is 17.6 Å². The molecule has 0 radical (unpaired) electrons. The molecule has 0 aliphatic heterocycles. The monoisotopic (exact) mass is 330 g/mol. The number of nitrogens with zero attached hydrogens (tertiary/aromatic N) is 2. The molecule has 2 aromatic rings. The maximum absolute atomic E-state index is 13.1. The van der Waals surface area contributed by atoms with Gasteiger partial charge >= 0.3 is 6.18 Å². The lowest BCUT2D eigenvalue weighted by molar-refractivity contribution is -0.138. The normalized spacial score (nSPS) is 17.0. The Kier molecular flexibility index (Phi) is 4.52. The molecule has 0 spiro atoms. The third-order valence-corrected chi connectivity index (χ3v) is 4.89. The lowest BCUT2D eigenvalue weighted by Crippen LogP contribution is -2.12. The number of alkyl halides is 3. The number of pyridine rings is 1. The molecular formula is C15H17F3N2OS. The Morgan fingerprint density at radius 2 is 2.00 bits per heavy atom. The fourth-order valence-electron chi connectivity index (χ4n) is 2.81. The van der Waals surface area contributed by atoms with E-state index in [1.165, 1.54) is 42.3 Å². The van der Waals surface area contributed by atoms with Gasteiger partial charge in [-0.25, -0.2) is 4.98 Å². The molecule has 1 fully saturated rings. The molecule has 3 rings (SSSR count). The summed E-state index contributed by atoms with van der Waals surface area (Å²) in [6.45, 7) is 0. The van der Waals surface area contributed by atoms with Gasteiger partial charge in [0.2, 0.25) is 5.88 Å². The topological polar surface area (TPSA) is 26.5 Å². The van der Waals surface area contributed by atoms with Crippen LogP contribution >= 0.6 is 12.0 Å². The zero-order valence-corrected chi connectivity index (χ0v) is 12.8. The minimum atomic E-state index is -4.45. The lowest BCUT2D eigenvalue weighted by Gasteiger charge is -2.21. The van der Waals surface area contributed by atoms with Crippen LogP contribution in [0.15, 0.2) is 24.7 Å². The van der Waals surface area contributed by atoms with Gasteiger partial charge in [0.25, 0.3) is 0 Å².